The highest BCUT2D eigenvalue weighted by molar-refractivity contribution is 5.61. The molecule has 0 saturated carbocycles. The van der Waals surface area contributed by atoms with E-state index in [0.29, 0.717) is 11.5 Å². The number of ether oxygens (including phenoxy) is 4. The SMILES string of the molecule is COc1cc2c(cc1OC)CN1CCc3cc(OC)c(OC)c(O)c3[C@@H]1C2. The number of hydrogen-bond acceptors (Lipinski definition) is 6. The average molecular weight is 371 g/mol. The van der Waals surface area contributed by atoms with Gasteiger partial charge in [-0.05, 0) is 47.7 Å². The van der Waals surface area contributed by atoms with Crippen LogP contribution in [0.15, 0.2) is 18.2 Å². The molecule has 6 heteroatoms. The number of phenolic OH excluding ortho intramolecular Hbond substituents is 1. The molecule has 0 unspecified atom stereocenters. The number of rotatable bonds is 4. The van der Waals surface area contributed by atoms with Crippen LogP contribution in [0, 0.1) is 0 Å². The summed E-state index contributed by atoms with van der Waals surface area (Å²) in [5.74, 6) is 2.64. The molecule has 1 N–H and O–H groups in total. The first-order chi connectivity index (χ1) is 13.1. The molecular weight excluding hydrogens is 346 g/mol. The standard InChI is InChI=1S/C21H25NO5/c1-24-16-9-13-7-15-19-12(8-18(26-3)21(27-4)20(19)23)5-6-22(15)11-14(13)10-17(16)25-2/h8-10,15,23H,5-7,11H2,1-4H3/t15-/m0/s1. The van der Waals surface area contributed by atoms with Crippen molar-refractivity contribution in [3.63, 3.8) is 0 Å². The largest absolute Gasteiger partial charge is 0.504 e. The van der Waals surface area contributed by atoms with Crippen LogP contribution >= 0.6 is 0 Å². The molecule has 2 aliphatic rings. The summed E-state index contributed by atoms with van der Waals surface area (Å²) in [6.07, 6.45) is 1.66. The van der Waals surface area contributed by atoms with Gasteiger partial charge in [0.2, 0.25) is 5.75 Å². The van der Waals surface area contributed by atoms with Crippen LogP contribution in [0.3, 0.4) is 0 Å². The van der Waals surface area contributed by atoms with Gasteiger partial charge in [-0.2, -0.15) is 0 Å². The van der Waals surface area contributed by atoms with Crippen LogP contribution in [0.25, 0.3) is 0 Å². The van der Waals surface area contributed by atoms with Gasteiger partial charge < -0.3 is 24.1 Å². The molecule has 2 aromatic rings. The molecule has 1 atom stereocenters. The molecule has 144 valence electrons. The van der Waals surface area contributed by atoms with Gasteiger partial charge in [0.15, 0.2) is 23.0 Å². The van der Waals surface area contributed by atoms with E-state index in [4.69, 9.17) is 18.9 Å². The maximum atomic E-state index is 10.9. The van der Waals surface area contributed by atoms with Gasteiger partial charge in [-0.25, -0.2) is 0 Å². The Balaban J connectivity index is 1.80. The van der Waals surface area contributed by atoms with E-state index in [1.54, 1.807) is 28.4 Å². The zero-order valence-corrected chi connectivity index (χ0v) is 16.2. The number of hydrogen-bond donors (Lipinski definition) is 1. The summed E-state index contributed by atoms with van der Waals surface area (Å²) < 4.78 is 21.8. The lowest BCUT2D eigenvalue weighted by molar-refractivity contribution is 0.156. The molecule has 0 aliphatic carbocycles. The molecular formula is C21H25NO5. The molecule has 0 radical (unpaired) electrons. The monoisotopic (exact) mass is 371 g/mol. The first-order valence-electron chi connectivity index (χ1n) is 9.05. The molecule has 27 heavy (non-hydrogen) atoms. The van der Waals surface area contributed by atoms with E-state index in [2.05, 4.69) is 17.0 Å². The van der Waals surface area contributed by atoms with Gasteiger partial charge in [0, 0.05) is 24.7 Å². The number of phenols is 1. The topological polar surface area (TPSA) is 60.4 Å². The highest BCUT2D eigenvalue weighted by Crippen LogP contribution is 2.50. The van der Waals surface area contributed by atoms with Gasteiger partial charge in [-0.3, -0.25) is 4.90 Å². The van der Waals surface area contributed by atoms with Crippen molar-refractivity contribution in [3.05, 3.63) is 40.5 Å². The number of aromatic hydroxyl groups is 1. The Bertz CT molecular complexity index is 880. The molecule has 0 fully saturated rings. The molecule has 6 nitrogen and oxygen atoms in total. The minimum Gasteiger partial charge on any atom is -0.504 e. The Morgan fingerprint density at radius 2 is 1.48 bits per heavy atom. The maximum absolute atomic E-state index is 10.9. The first kappa shape index (κ1) is 17.8. The molecule has 0 saturated heterocycles. The Hall–Kier alpha value is -2.60. The number of fused-ring (bicyclic) bond motifs is 4. The molecule has 2 aromatic carbocycles. The Labute approximate surface area is 159 Å². The Morgan fingerprint density at radius 3 is 2.11 bits per heavy atom. The zero-order chi connectivity index (χ0) is 19.1. The van der Waals surface area contributed by atoms with Crippen LogP contribution in [-0.2, 0) is 19.4 Å². The smallest absolute Gasteiger partial charge is 0.203 e. The Kier molecular flexibility index (Phi) is 4.52. The third kappa shape index (κ3) is 2.75. The molecule has 4 rings (SSSR count). The summed E-state index contributed by atoms with van der Waals surface area (Å²) in [6.45, 7) is 1.74. The molecule has 0 bridgehead atoms. The van der Waals surface area contributed by atoms with Crippen molar-refractivity contribution in [3.8, 4) is 28.7 Å². The fourth-order valence-electron chi connectivity index (χ4n) is 4.37. The van der Waals surface area contributed by atoms with Crippen molar-refractivity contribution in [2.24, 2.45) is 0 Å². The van der Waals surface area contributed by atoms with Crippen LogP contribution in [0.1, 0.15) is 28.3 Å². The molecule has 2 heterocycles. The average Bonchev–Trinajstić information content (AvgIpc) is 2.70. The molecule has 0 amide bonds. The van der Waals surface area contributed by atoms with Gasteiger partial charge in [0.1, 0.15) is 0 Å². The van der Waals surface area contributed by atoms with Gasteiger partial charge >= 0.3 is 0 Å². The van der Waals surface area contributed by atoms with E-state index in [1.165, 1.54) is 11.1 Å². The second kappa shape index (κ2) is 6.85. The van der Waals surface area contributed by atoms with E-state index in [-0.39, 0.29) is 11.8 Å². The van der Waals surface area contributed by atoms with E-state index in [0.717, 1.165) is 48.6 Å². The second-order valence-electron chi connectivity index (χ2n) is 6.95. The predicted molar refractivity (Wildman–Crippen MR) is 101 cm³/mol. The van der Waals surface area contributed by atoms with Crippen molar-refractivity contribution in [1.82, 2.24) is 4.90 Å². The highest BCUT2D eigenvalue weighted by atomic mass is 16.5. The van der Waals surface area contributed by atoms with Crippen LogP contribution in [0.4, 0.5) is 0 Å². The molecule has 0 aromatic heterocycles. The third-order valence-corrected chi connectivity index (χ3v) is 5.70. The zero-order valence-electron chi connectivity index (χ0n) is 16.2. The number of nitrogens with zero attached hydrogens (tertiary/aromatic N) is 1. The minimum absolute atomic E-state index is 0.0964. The van der Waals surface area contributed by atoms with E-state index < -0.39 is 0 Å². The van der Waals surface area contributed by atoms with Crippen molar-refractivity contribution in [1.29, 1.82) is 0 Å². The van der Waals surface area contributed by atoms with Gasteiger partial charge in [0.25, 0.3) is 0 Å². The van der Waals surface area contributed by atoms with E-state index in [1.807, 2.05) is 6.07 Å². The lowest BCUT2D eigenvalue weighted by Gasteiger charge is -2.42. The van der Waals surface area contributed by atoms with Crippen LogP contribution < -0.4 is 18.9 Å². The summed E-state index contributed by atoms with van der Waals surface area (Å²) in [5.41, 5.74) is 4.53. The number of benzene rings is 2. The first-order valence-corrected chi connectivity index (χ1v) is 9.05. The fourth-order valence-corrected chi connectivity index (χ4v) is 4.37. The summed E-state index contributed by atoms with van der Waals surface area (Å²) in [6, 6.07) is 6.21. The second-order valence-corrected chi connectivity index (χ2v) is 6.95. The third-order valence-electron chi connectivity index (χ3n) is 5.70. The lowest BCUT2D eigenvalue weighted by Crippen LogP contribution is -2.39. The van der Waals surface area contributed by atoms with Crippen molar-refractivity contribution in [2.45, 2.75) is 25.4 Å². The predicted octanol–water partition coefficient (Wildman–Crippen LogP) is 3.08. The summed E-state index contributed by atoms with van der Waals surface area (Å²) in [4.78, 5) is 2.40. The summed E-state index contributed by atoms with van der Waals surface area (Å²) >= 11 is 0. The summed E-state index contributed by atoms with van der Waals surface area (Å²) in [5, 5.41) is 10.9. The number of methoxy groups -OCH3 is 4. The van der Waals surface area contributed by atoms with Crippen molar-refractivity contribution < 1.29 is 24.1 Å². The normalized spacial score (nSPS) is 18.1. The van der Waals surface area contributed by atoms with Crippen LogP contribution in [-0.4, -0.2) is 45.0 Å². The van der Waals surface area contributed by atoms with Crippen LogP contribution in [0.2, 0.25) is 0 Å². The van der Waals surface area contributed by atoms with Crippen molar-refractivity contribution >= 4 is 0 Å². The maximum Gasteiger partial charge on any atom is 0.203 e. The van der Waals surface area contributed by atoms with E-state index in [9.17, 15) is 5.11 Å². The van der Waals surface area contributed by atoms with Gasteiger partial charge in [-0.1, -0.05) is 0 Å². The van der Waals surface area contributed by atoms with Gasteiger partial charge in [-0.15, -0.1) is 0 Å². The lowest BCUT2D eigenvalue weighted by atomic mass is 9.83. The quantitative estimate of drug-likeness (QED) is 0.891. The van der Waals surface area contributed by atoms with Gasteiger partial charge in [0.05, 0.1) is 28.4 Å². The van der Waals surface area contributed by atoms with E-state index >= 15 is 0 Å². The minimum atomic E-state index is 0.0964. The van der Waals surface area contributed by atoms with Crippen molar-refractivity contribution in [2.75, 3.05) is 35.0 Å². The summed E-state index contributed by atoms with van der Waals surface area (Å²) in [7, 11) is 6.45. The fraction of sp³-hybridized carbons (Fsp3) is 0.429. The Morgan fingerprint density at radius 1 is 0.852 bits per heavy atom. The molecule has 2 aliphatic heterocycles. The van der Waals surface area contributed by atoms with Crippen LogP contribution in [0.5, 0.6) is 28.7 Å². The highest BCUT2D eigenvalue weighted by Gasteiger charge is 2.36. The molecule has 0 spiro atoms.